The van der Waals surface area contributed by atoms with Gasteiger partial charge in [0.25, 0.3) is 10.0 Å². The standard InChI is InChI=1S/C27H31ClN8O4S2/c1-17(2)33(3)15-18-4-5-20-22(7-11-40-25(20)12-18)34-16-19(31-32-34)13-23-27(37)29-8-10-36(23)42(38,39)26-21(28)6-9-35-24(26)14-30-41-35/h4-6,8-10,12,14,16-17,22-23,30H,7,11,13,15H2,1-3H3,(H,29,37). The highest BCUT2D eigenvalue weighted by atomic mass is 35.5. The van der Waals surface area contributed by atoms with Crippen LogP contribution in [0.3, 0.4) is 0 Å². The normalized spacial score (nSPS) is 21.8. The van der Waals surface area contributed by atoms with Gasteiger partial charge < -0.3 is 14.8 Å². The van der Waals surface area contributed by atoms with Crippen LogP contribution in [0.15, 0.2) is 70.9 Å². The van der Waals surface area contributed by atoms with Gasteiger partial charge in [-0.1, -0.05) is 28.9 Å². The monoisotopic (exact) mass is 630 g/mol. The van der Waals surface area contributed by atoms with Crippen molar-refractivity contribution in [2.24, 2.45) is 0 Å². The number of nitrogens with zero attached hydrogens (tertiary/aromatic N) is 6. The van der Waals surface area contributed by atoms with Gasteiger partial charge in [0.05, 0.1) is 41.2 Å². The Kier molecular flexibility index (Phi) is 7.72. The van der Waals surface area contributed by atoms with Crippen LogP contribution in [0.5, 0.6) is 5.75 Å². The molecule has 1 aromatic carbocycles. The topological polar surface area (TPSA) is 125 Å². The molecule has 42 heavy (non-hydrogen) atoms. The number of rotatable bonds is 8. The molecule has 12 nitrogen and oxygen atoms in total. The predicted octanol–water partition coefficient (Wildman–Crippen LogP) is 2.92. The minimum Gasteiger partial charge on any atom is -0.493 e. The van der Waals surface area contributed by atoms with Crippen LogP contribution in [0, 0.1) is 0 Å². The average Bonchev–Trinajstić information content (AvgIpc) is 3.63. The number of ether oxygens (including phenoxy) is 1. The van der Waals surface area contributed by atoms with Crippen molar-refractivity contribution < 1.29 is 17.9 Å². The van der Waals surface area contributed by atoms with Crippen LogP contribution >= 0.6 is 23.7 Å². The van der Waals surface area contributed by atoms with Gasteiger partial charge in [-0.2, -0.15) is 0 Å². The molecule has 0 saturated heterocycles. The Morgan fingerprint density at radius 1 is 1.29 bits per heavy atom. The second-order valence-electron chi connectivity index (χ2n) is 10.7. The Labute approximate surface area is 254 Å². The molecule has 15 heteroatoms. The highest BCUT2D eigenvalue weighted by molar-refractivity contribution is 7.96. The van der Waals surface area contributed by atoms with Crippen molar-refractivity contribution in [3.05, 3.63) is 87.7 Å². The quantitative estimate of drug-likeness (QED) is 0.421. The molecule has 2 unspecified atom stereocenters. The zero-order valence-corrected chi connectivity index (χ0v) is 25.7. The van der Waals surface area contributed by atoms with Gasteiger partial charge in [0.1, 0.15) is 16.7 Å². The van der Waals surface area contributed by atoms with Crippen LogP contribution in [-0.2, 0) is 27.8 Å². The fourth-order valence-electron chi connectivity index (χ4n) is 5.17. The van der Waals surface area contributed by atoms with Gasteiger partial charge >= 0.3 is 0 Å². The minimum atomic E-state index is -4.22. The van der Waals surface area contributed by atoms with Gasteiger partial charge in [-0.25, -0.2) is 13.1 Å². The van der Waals surface area contributed by atoms with E-state index in [0.29, 0.717) is 30.5 Å². The van der Waals surface area contributed by atoms with E-state index in [2.05, 4.69) is 64.3 Å². The molecule has 1 amide bonds. The average molecular weight is 631 g/mol. The first kappa shape index (κ1) is 28.6. The van der Waals surface area contributed by atoms with E-state index in [1.54, 1.807) is 27.6 Å². The van der Waals surface area contributed by atoms with Crippen LogP contribution in [0.1, 0.15) is 43.1 Å². The van der Waals surface area contributed by atoms with Crippen molar-refractivity contribution in [1.29, 1.82) is 0 Å². The van der Waals surface area contributed by atoms with E-state index >= 15 is 0 Å². The van der Waals surface area contributed by atoms with Crippen molar-refractivity contribution >= 4 is 39.7 Å². The fraction of sp³-hybridized carbons (Fsp3) is 0.370. The molecule has 6 rings (SSSR count). The van der Waals surface area contributed by atoms with Crippen LogP contribution in [0.2, 0.25) is 0 Å². The molecule has 2 atom stereocenters. The third-order valence-electron chi connectivity index (χ3n) is 7.66. The lowest BCUT2D eigenvalue weighted by Gasteiger charge is -2.33. The molecule has 0 aliphatic carbocycles. The summed E-state index contributed by atoms with van der Waals surface area (Å²) in [4.78, 5) is 15.2. The Bertz CT molecular complexity index is 1630. The zero-order chi connectivity index (χ0) is 29.6. The summed E-state index contributed by atoms with van der Waals surface area (Å²) in [6, 6.07) is 5.49. The van der Waals surface area contributed by atoms with Crippen molar-refractivity contribution in [2.75, 3.05) is 13.7 Å². The van der Waals surface area contributed by atoms with Gasteiger partial charge in [-0.15, -0.1) is 5.10 Å². The third-order valence-corrected chi connectivity index (χ3v) is 10.7. The number of carbonyl (C=O) groups excluding carboxylic acids is 1. The summed E-state index contributed by atoms with van der Waals surface area (Å²) in [5.41, 5.74) is 3.03. The number of sulfonamides is 1. The van der Waals surface area contributed by atoms with E-state index in [1.165, 1.54) is 30.6 Å². The first-order valence-corrected chi connectivity index (χ1v) is 16.1. The van der Waals surface area contributed by atoms with E-state index < -0.39 is 22.0 Å². The molecule has 222 valence electrons. The summed E-state index contributed by atoms with van der Waals surface area (Å²) in [6.45, 7) is 5.66. The third kappa shape index (κ3) is 5.27. The molecule has 0 radical (unpaired) electrons. The Balaban J connectivity index is 1.24. The Morgan fingerprint density at radius 3 is 2.93 bits per heavy atom. The fourth-order valence-corrected chi connectivity index (χ4v) is 7.99. The molecule has 0 saturated carbocycles. The first-order chi connectivity index (χ1) is 20.1. The number of nitrogens with one attached hydrogen (secondary N) is 2. The van der Waals surface area contributed by atoms with E-state index in [9.17, 15) is 13.2 Å². The first-order valence-electron chi connectivity index (χ1n) is 13.5. The smallest absolute Gasteiger partial charge is 0.268 e. The molecular weight excluding hydrogens is 600 g/mol. The lowest BCUT2D eigenvalue weighted by atomic mass is 9.98. The molecular formula is C27H31ClN8O4S2. The van der Waals surface area contributed by atoms with Crippen molar-refractivity contribution in [1.82, 2.24) is 38.5 Å². The summed E-state index contributed by atoms with van der Waals surface area (Å²) in [5.74, 6) is 0.348. The number of amides is 1. The van der Waals surface area contributed by atoms with Gasteiger partial charge in [0, 0.05) is 62.0 Å². The number of hydrogen-bond donors (Lipinski definition) is 2. The number of fused-ring (bicyclic) bond motifs is 2. The maximum absolute atomic E-state index is 13.9. The van der Waals surface area contributed by atoms with E-state index in [-0.39, 0.29) is 22.4 Å². The second kappa shape index (κ2) is 11.3. The summed E-state index contributed by atoms with van der Waals surface area (Å²) in [6.07, 6.45) is 9.88. The molecule has 4 aliphatic rings. The Morgan fingerprint density at radius 2 is 2.12 bits per heavy atom. The van der Waals surface area contributed by atoms with Crippen molar-refractivity contribution in [3.63, 3.8) is 0 Å². The summed E-state index contributed by atoms with van der Waals surface area (Å²) >= 11 is 7.61. The summed E-state index contributed by atoms with van der Waals surface area (Å²) in [5, 5.41) is 11.4. The molecule has 5 heterocycles. The highest BCUT2D eigenvalue weighted by Crippen LogP contribution is 2.40. The highest BCUT2D eigenvalue weighted by Gasteiger charge is 2.42. The van der Waals surface area contributed by atoms with E-state index in [1.807, 2.05) is 0 Å². The van der Waals surface area contributed by atoms with Gasteiger partial charge in [-0.3, -0.25) is 18.3 Å². The zero-order valence-electron chi connectivity index (χ0n) is 23.3. The molecule has 1 aromatic heterocycles. The molecule has 0 bridgehead atoms. The molecule has 0 fully saturated rings. The number of halogens is 1. The number of allylic oxidation sites excluding steroid dienone is 2. The van der Waals surface area contributed by atoms with Gasteiger partial charge in [-0.05, 0) is 38.6 Å². The number of hydrogen-bond acceptors (Lipinski definition) is 10. The van der Waals surface area contributed by atoms with Gasteiger partial charge in [0.15, 0.2) is 0 Å². The lowest BCUT2D eigenvalue weighted by Crippen LogP contribution is -2.50. The second-order valence-corrected chi connectivity index (χ2v) is 13.7. The van der Waals surface area contributed by atoms with Crippen LogP contribution in [-0.4, -0.2) is 68.6 Å². The van der Waals surface area contributed by atoms with Gasteiger partial charge in [0.2, 0.25) is 5.91 Å². The van der Waals surface area contributed by atoms with E-state index in [4.69, 9.17) is 16.3 Å². The Hall–Kier alpha value is -3.46. The minimum absolute atomic E-state index is 0.0163. The summed E-state index contributed by atoms with van der Waals surface area (Å²) < 4.78 is 41.2. The molecule has 2 N–H and O–H groups in total. The van der Waals surface area contributed by atoms with Crippen molar-refractivity contribution in [2.45, 2.75) is 51.4 Å². The SMILES string of the molecule is CC(C)N(C)Cc1ccc2c(c1)OCCC2n1cc(CC2C(=O)NC=CN2S(=O)(=O)C2=C(Cl)C=CN3SNC=C23)nn1. The summed E-state index contributed by atoms with van der Waals surface area (Å²) in [7, 11) is -2.13. The maximum Gasteiger partial charge on any atom is 0.268 e. The number of benzene rings is 1. The largest absolute Gasteiger partial charge is 0.493 e. The van der Waals surface area contributed by atoms with E-state index in [0.717, 1.165) is 27.7 Å². The number of aromatic nitrogens is 3. The predicted molar refractivity (Wildman–Crippen MR) is 160 cm³/mol. The van der Waals surface area contributed by atoms with Crippen LogP contribution in [0.4, 0.5) is 0 Å². The maximum atomic E-state index is 13.9. The molecule has 0 spiro atoms. The molecule has 2 aromatic rings. The van der Waals surface area contributed by atoms with Crippen molar-refractivity contribution in [3.8, 4) is 5.75 Å². The number of carbonyl (C=O) groups is 1. The molecule has 4 aliphatic heterocycles. The lowest BCUT2D eigenvalue weighted by molar-refractivity contribution is -0.124. The van der Waals surface area contributed by atoms with Crippen LogP contribution in [0.25, 0.3) is 0 Å². The van der Waals surface area contributed by atoms with Crippen LogP contribution < -0.4 is 14.8 Å².